The highest BCUT2D eigenvalue weighted by atomic mass is 16.4. The van der Waals surface area contributed by atoms with Gasteiger partial charge in [0.1, 0.15) is 66.5 Å². The summed E-state index contributed by atoms with van der Waals surface area (Å²) in [6.45, 7) is 23.9. The summed E-state index contributed by atoms with van der Waals surface area (Å²) in [6, 6.07) is 11.3. The van der Waals surface area contributed by atoms with Gasteiger partial charge in [0, 0.05) is 19.3 Å². The van der Waals surface area contributed by atoms with Crippen molar-refractivity contribution in [1.82, 2.24) is 85.1 Å². The largest absolute Gasteiger partial charge is 0.480 e. The first kappa shape index (κ1) is 101. The molecule has 16 amide bonds. The van der Waals surface area contributed by atoms with Crippen molar-refractivity contribution in [3.63, 3.8) is 0 Å². The van der Waals surface area contributed by atoms with E-state index in [9.17, 15) is 86.6 Å². The first-order chi connectivity index (χ1) is 55.5. The molecule has 0 bridgehead atoms. The molecule has 0 aliphatic rings. The predicted molar refractivity (Wildman–Crippen MR) is 441 cm³/mol. The topological polar surface area (TPSA) is 529 Å². The molecule has 3 aromatic carbocycles. The first-order valence-corrected chi connectivity index (χ1v) is 40.3. The summed E-state index contributed by atoms with van der Waals surface area (Å²) in [5.74, 6) is -16.1. The number of benzene rings is 3. The average Bonchev–Trinajstić information content (AvgIpc) is 0.765. The summed E-state index contributed by atoms with van der Waals surface area (Å²) >= 11 is 0. The maximum atomic E-state index is 14.8. The normalized spacial score (nSPS) is 14.8. The SMILES string of the molecule is CC[C@H](C)[C@H](NC(=O)[C@H](Cc1ccccc1)NC(=O)CNC(=O)[C@H](CC(C)C)NC(=O)[C@H](CC(C)C)NC(=O)CNC(=O)CNC(=O)[C@H](CC(C)C)NC(=O)[C@@H](NC(=O)[C@H](Cc1ccccc1)NC(=O)[C@H](Cc1ccccc1)NC(=O)[C@@H](NC(=O)CNC(=O)CNC(=O)[C@H](C)NC(=O)[C@@H](NC(=O)[C@H](C)N)C(C)C)C(C)C)[C@@H](C)CC)C(=O)O. The molecule has 35 heteroatoms. The monoisotopic (exact) mass is 1650 g/mol. The molecule has 0 radical (unpaired) electrons. The molecule has 0 saturated carbocycles. The Morgan fingerprint density at radius 1 is 0.288 bits per heavy atom. The van der Waals surface area contributed by atoms with E-state index in [0.29, 0.717) is 29.5 Å². The molecule has 0 aliphatic carbocycles. The van der Waals surface area contributed by atoms with Crippen LogP contribution in [0.5, 0.6) is 0 Å². The number of amides is 16. The molecule has 652 valence electrons. The minimum Gasteiger partial charge on any atom is -0.480 e. The van der Waals surface area contributed by atoms with Crippen molar-refractivity contribution in [1.29, 1.82) is 0 Å². The van der Waals surface area contributed by atoms with E-state index in [1.807, 2.05) is 0 Å². The van der Waals surface area contributed by atoms with E-state index >= 15 is 0 Å². The summed E-state index contributed by atoms with van der Waals surface area (Å²) in [4.78, 5) is 231. The van der Waals surface area contributed by atoms with E-state index < -0.39 is 223 Å². The molecule has 0 fully saturated rings. The molecule has 0 aliphatic heterocycles. The Hall–Kier alpha value is -11.4. The number of hydrogen-bond acceptors (Lipinski definition) is 18. The van der Waals surface area contributed by atoms with Crippen molar-refractivity contribution in [3.05, 3.63) is 108 Å². The molecule has 3 rings (SSSR count). The smallest absolute Gasteiger partial charge is 0.326 e. The van der Waals surface area contributed by atoms with Gasteiger partial charge < -0.3 is 95.9 Å². The van der Waals surface area contributed by atoms with E-state index in [1.165, 1.54) is 13.8 Å². The maximum absolute atomic E-state index is 14.8. The van der Waals surface area contributed by atoms with Gasteiger partial charge in [-0.15, -0.1) is 0 Å². The number of carboxylic acids is 1. The number of nitrogens with two attached hydrogens (primary N) is 1. The lowest BCUT2D eigenvalue weighted by Crippen LogP contribution is -2.61. The number of carboxylic acid groups (broad SMARTS) is 1. The zero-order valence-corrected chi connectivity index (χ0v) is 70.8. The third kappa shape index (κ3) is 37.3. The molecule has 0 spiro atoms. The minimum absolute atomic E-state index is 0.00427. The zero-order valence-electron chi connectivity index (χ0n) is 70.8. The van der Waals surface area contributed by atoms with Gasteiger partial charge in [0.25, 0.3) is 0 Å². The second-order valence-electron chi connectivity index (χ2n) is 31.8. The van der Waals surface area contributed by atoms with Gasteiger partial charge in [0.05, 0.1) is 38.8 Å². The molecule has 35 nitrogen and oxygen atoms in total. The highest BCUT2D eigenvalue weighted by molar-refractivity contribution is 6.00. The lowest BCUT2D eigenvalue weighted by atomic mass is 9.95. The molecule has 0 saturated heterocycles. The Kier molecular flexibility index (Phi) is 44.1. The van der Waals surface area contributed by atoms with Crippen molar-refractivity contribution in [2.75, 3.05) is 32.7 Å². The van der Waals surface area contributed by atoms with Crippen molar-refractivity contribution in [3.8, 4) is 0 Å². The molecule has 14 atom stereocenters. The van der Waals surface area contributed by atoms with Gasteiger partial charge in [-0.25, -0.2) is 4.79 Å². The van der Waals surface area contributed by atoms with Crippen LogP contribution in [0, 0.1) is 41.4 Å². The van der Waals surface area contributed by atoms with Gasteiger partial charge in [-0.3, -0.25) is 76.7 Å². The number of carbonyl (C=O) groups excluding carboxylic acids is 16. The number of carbonyl (C=O) groups is 17. The number of nitrogens with one attached hydrogen (secondary N) is 16. The Bertz CT molecular complexity index is 3850. The second-order valence-corrected chi connectivity index (χ2v) is 31.8. The van der Waals surface area contributed by atoms with Crippen LogP contribution in [0.1, 0.15) is 160 Å². The van der Waals surface area contributed by atoms with Crippen LogP contribution in [0.4, 0.5) is 0 Å². The summed E-state index contributed by atoms with van der Waals surface area (Å²) in [6.07, 6.45) is 0.767. The molecule has 118 heavy (non-hydrogen) atoms. The Morgan fingerprint density at radius 3 is 0.958 bits per heavy atom. The summed E-state index contributed by atoms with van der Waals surface area (Å²) < 4.78 is 0. The van der Waals surface area contributed by atoms with Gasteiger partial charge >= 0.3 is 5.97 Å². The van der Waals surface area contributed by atoms with Crippen LogP contribution in [0.2, 0.25) is 0 Å². The van der Waals surface area contributed by atoms with Crippen molar-refractivity contribution >= 4 is 100 Å². The maximum Gasteiger partial charge on any atom is 0.326 e. The number of rotatable bonds is 51. The van der Waals surface area contributed by atoms with Crippen LogP contribution in [0.3, 0.4) is 0 Å². The fourth-order valence-corrected chi connectivity index (χ4v) is 12.1. The van der Waals surface area contributed by atoms with Crippen LogP contribution in [-0.4, -0.2) is 211 Å². The van der Waals surface area contributed by atoms with Crippen LogP contribution in [0.15, 0.2) is 91.0 Å². The van der Waals surface area contributed by atoms with Crippen LogP contribution in [0.25, 0.3) is 0 Å². The number of aliphatic carboxylic acids is 1. The van der Waals surface area contributed by atoms with Crippen molar-refractivity contribution in [2.24, 2.45) is 47.2 Å². The predicted octanol–water partition coefficient (Wildman–Crippen LogP) is -0.378. The average molecular weight is 1650 g/mol. The number of hydrogen-bond donors (Lipinski definition) is 18. The summed E-state index contributed by atoms with van der Waals surface area (Å²) in [5, 5.41) is 51.1. The van der Waals surface area contributed by atoms with Gasteiger partial charge in [-0.2, -0.15) is 0 Å². The van der Waals surface area contributed by atoms with Crippen molar-refractivity contribution < 1.29 is 86.6 Å². The lowest BCUT2D eigenvalue weighted by Gasteiger charge is -2.30. The van der Waals surface area contributed by atoms with Gasteiger partial charge in [-0.1, -0.05) is 201 Å². The second kappa shape index (κ2) is 51.6. The molecular weight excluding hydrogens is 1520 g/mol. The lowest BCUT2D eigenvalue weighted by molar-refractivity contribution is -0.143. The van der Waals surface area contributed by atoms with Gasteiger partial charge in [-0.05, 0) is 91.2 Å². The fourth-order valence-electron chi connectivity index (χ4n) is 12.1. The highest BCUT2D eigenvalue weighted by Gasteiger charge is 2.38. The molecule has 0 heterocycles. The van der Waals surface area contributed by atoms with Crippen LogP contribution < -0.4 is 90.8 Å². The zero-order chi connectivity index (χ0) is 88.6. The molecule has 19 N–H and O–H groups in total. The van der Waals surface area contributed by atoms with E-state index in [2.05, 4.69) is 85.1 Å². The minimum atomic E-state index is -1.41. The molecule has 0 unspecified atom stereocenters. The third-order valence-electron chi connectivity index (χ3n) is 19.2. The van der Waals surface area contributed by atoms with Crippen LogP contribution in [-0.2, 0) is 101 Å². The Labute approximate surface area is 691 Å². The van der Waals surface area contributed by atoms with Crippen molar-refractivity contribution in [2.45, 2.75) is 235 Å². The Morgan fingerprint density at radius 2 is 0.568 bits per heavy atom. The highest BCUT2D eigenvalue weighted by Crippen LogP contribution is 2.17. The van der Waals surface area contributed by atoms with Gasteiger partial charge in [0.2, 0.25) is 94.5 Å². The molecule has 0 aromatic heterocycles. The fraction of sp³-hybridized carbons (Fsp3) is 0.578. The first-order valence-electron chi connectivity index (χ1n) is 40.3. The van der Waals surface area contributed by atoms with E-state index in [-0.39, 0.29) is 62.2 Å². The standard InChI is InChI=1S/C83H127N17O18/c1-17-50(13)70(99-79(113)62(39-56-32-26-21-27-33-56)94-77(111)61(38-55-30-24-20-25-31-55)96-81(115)68(48(9)10)97-67(105)43-86-63(101)40-87-73(107)53(16)90-80(114)69(49(11)12)98-72(106)52(15)84)82(116)95-58(35-46(5)6)75(109)88-41-64(102)85-42-65(103)91-59(36-47(7)8)76(110)93-57(34-45(3)4)74(108)89-44-66(104)92-60(37-54-28-22-19-23-29-54)78(112)100-71(83(117)118)51(14)18-2/h19-33,45-53,57-62,68-71H,17-18,34-44,84H2,1-16H3,(H,85,102)(H,86,101)(H,87,107)(H,88,109)(H,89,108)(H,90,114)(H,91,103)(H,92,104)(H,93,110)(H,94,111)(H,95,116)(H,96,115)(H,97,105)(H,98,106)(H,99,113)(H,100,112)(H,117,118)/t50-,51-,52-,53-,57-,58-,59-,60-,61-,62-,68-,69-,70-,71-/m0/s1. The quantitative estimate of drug-likeness (QED) is 0.0343. The van der Waals surface area contributed by atoms with E-state index in [1.54, 1.807) is 188 Å². The summed E-state index contributed by atoms with van der Waals surface area (Å²) in [7, 11) is 0. The van der Waals surface area contributed by atoms with Crippen LogP contribution >= 0.6 is 0 Å². The third-order valence-corrected chi connectivity index (χ3v) is 19.2. The van der Waals surface area contributed by atoms with E-state index in [0.717, 1.165) is 0 Å². The van der Waals surface area contributed by atoms with Gasteiger partial charge in [0.15, 0.2) is 0 Å². The molecular formula is C83H127N17O18. The molecule has 3 aromatic rings. The van der Waals surface area contributed by atoms with E-state index in [4.69, 9.17) is 5.73 Å². The summed E-state index contributed by atoms with van der Waals surface area (Å²) in [5.41, 5.74) is 7.49. The Balaban J connectivity index is 1.73.